The predicted molar refractivity (Wildman–Crippen MR) is 141 cm³/mol. The molecule has 1 atom stereocenters. The highest BCUT2D eigenvalue weighted by molar-refractivity contribution is 7.92. The summed E-state index contributed by atoms with van der Waals surface area (Å²) in [6.45, 7) is 9.24. The maximum atomic E-state index is 12.5. The lowest BCUT2D eigenvalue weighted by atomic mass is 10.0. The standard InChI is InChI=1S/C27H35N3O2S/c1-5-7-12-25(23-13-9-8-10-14-23)21-30(22(3)6-2)33-32-26-17-15-24(16-18-26)27(31)29(4)20-11-19-28/h5-10,13-18,21-22H,2,11-12,19-20,28H2,1,3-4H3/b7-5-,25-21+. The number of amides is 1. The van der Waals surface area contributed by atoms with Crippen LogP contribution in [0.4, 0.5) is 0 Å². The van der Waals surface area contributed by atoms with Crippen molar-refractivity contribution in [2.24, 2.45) is 5.73 Å². The summed E-state index contributed by atoms with van der Waals surface area (Å²) in [5.41, 5.74) is 8.51. The Morgan fingerprint density at radius 3 is 2.45 bits per heavy atom. The van der Waals surface area contributed by atoms with Crippen molar-refractivity contribution in [3.05, 3.63) is 96.7 Å². The van der Waals surface area contributed by atoms with Crippen LogP contribution in [0.25, 0.3) is 5.57 Å². The van der Waals surface area contributed by atoms with Gasteiger partial charge >= 0.3 is 0 Å². The van der Waals surface area contributed by atoms with Crippen LogP contribution in [0.5, 0.6) is 5.75 Å². The minimum absolute atomic E-state index is 0.0241. The van der Waals surface area contributed by atoms with Crippen LogP contribution in [0.3, 0.4) is 0 Å². The SMILES string of the molecule is C=CC(C)N(/C=C(\C/C=C\C)c1ccccc1)SOc1ccc(C(=O)N(C)CCCN)cc1. The first-order valence-electron chi connectivity index (χ1n) is 11.2. The second kappa shape index (κ2) is 14.2. The number of carbonyl (C=O) groups is 1. The smallest absolute Gasteiger partial charge is 0.253 e. The number of benzene rings is 2. The average molecular weight is 466 g/mol. The van der Waals surface area contributed by atoms with E-state index in [0.717, 1.165) is 12.8 Å². The fourth-order valence-electron chi connectivity index (χ4n) is 3.00. The van der Waals surface area contributed by atoms with Crippen molar-refractivity contribution in [1.29, 1.82) is 0 Å². The summed E-state index contributed by atoms with van der Waals surface area (Å²) >= 11 is 1.25. The number of hydrogen-bond acceptors (Lipinski definition) is 5. The van der Waals surface area contributed by atoms with Crippen molar-refractivity contribution in [3.8, 4) is 5.75 Å². The molecule has 0 aliphatic carbocycles. The predicted octanol–water partition coefficient (Wildman–Crippen LogP) is 5.93. The highest BCUT2D eigenvalue weighted by atomic mass is 32.2. The van der Waals surface area contributed by atoms with Gasteiger partial charge in [0.1, 0.15) is 5.75 Å². The molecule has 0 aliphatic rings. The van der Waals surface area contributed by atoms with Crippen molar-refractivity contribution in [2.45, 2.75) is 32.7 Å². The first kappa shape index (κ1) is 26.3. The monoisotopic (exact) mass is 465 g/mol. The molecule has 0 bridgehead atoms. The molecule has 2 aromatic carbocycles. The van der Waals surface area contributed by atoms with Gasteiger partial charge in [-0.05, 0) is 68.6 Å². The lowest BCUT2D eigenvalue weighted by Crippen LogP contribution is -2.28. The van der Waals surface area contributed by atoms with Crippen molar-refractivity contribution in [3.63, 3.8) is 0 Å². The molecule has 0 aliphatic heterocycles. The van der Waals surface area contributed by atoms with Gasteiger partial charge in [0.25, 0.3) is 5.91 Å². The second-order valence-electron chi connectivity index (χ2n) is 7.68. The van der Waals surface area contributed by atoms with E-state index in [0.29, 0.717) is 24.4 Å². The molecule has 2 rings (SSSR count). The maximum absolute atomic E-state index is 12.5. The van der Waals surface area contributed by atoms with Crippen LogP contribution < -0.4 is 9.92 Å². The Labute approximate surface area is 202 Å². The van der Waals surface area contributed by atoms with Gasteiger partial charge < -0.3 is 14.8 Å². The van der Waals surface area contributed by atoms with Crippen LogP contribution >= 0.6 is 12.2 Å². The Hall–Kier alpha value is -2.96. The second-order valence-corrected chi connectivity index (χ2v) is 8.42. The third-order valence-corrected chi connectivity index (χ3v) is 5.99. The van der Waals surface area contributed by atoms with Gasteiger partial charge in [0.2, 0.25) is 0 Å². The fourth-order valence-corrected chi connectivity index (χ4v) is 3.67. The Kier molecular flexibility index (Phi) is 11.3. The van der Waals surface area contributed by atoms with E-state index in [1.807, 2.05) is 47.6 Å². The molecular weight excluding hydrogens is 430 g/mol. The molecule has 176 valence electrons. The molecule has 0 fully saturated rings. The Morgan fingerprint density at radius 1 is 1.15 bits per heavy atom. The first-order valence-corrected chi connectivity index (χ1v) is 11.9. The molecule has 0 saturated heterocycles. The fraction of sp³-hybridized carbons (Fsp3) is 0.296. The van der Waals surface area contributed by atoms with Gasteiger partial charge in [0.05, 0.1) is 6.04 Å². The number of carbonyl (C=O) groups excluding carboxylic acids is 1. The number of nitrogens with zero attached hydrogens (tertiary/aromatic N) is 2. The van der Waals surface area contributed by atoms with E-state index in [9.17, 15) is 4.79 Å². The molecule has 1 unspecified atom stereocenters. The minimum atomic E-state index is -0.0241. The van der Waals surface area contributed by atoms with Crippen LogP contribution in [0.15, 0.2) is 85.6 Å². The van der Waals surface area contributed by atoms with Crippen molar-refractivity contribution >= 4 is 23.7 Å². The number of nitrogens with two attached hydrogens (primary N) is 1. The van der Waals surface area contributed by atoms with E-state index in [1.165, 1.54) is 23.4 Å². The molecular formula is C27H35N3O2S. The van der Waals surface area contributed by atoms with Gasteiger partial charge in [-0.3, -0.25) is 9.10 Å². The summed E-state index contributed by atoms with van der Waals surface area (Å²) in [4.78, 5) is 14.2. The molecule has 33 heavy (non-hydrogen) atoms. The van der Waals surface area contributed by atoms with E-state index >= 15 is 0 Å². The van der Waals surface area contributed by atoms with Gasteiger partial charge in [0, 0.05) is 25.4 Å². The van der Waals surface area contributed by atoms with E-state index in [1.54, 1.807) is 24.1 Å². The lowest BCUT2D eigenvalue weighted by Gasteiger charge is -2.24. The molecule has 0 spiro atoms. The quantitative estimate of drug-likeness (QED) is 0.226. The Balaban J connectivity index is 2.13. The molecule has 0 aromatic heterocycles. The highest BCUT2D eigenvalue weighted by Gasteiger charge is 2.14. The Bertz CT molecular complexity index is 926. The zero-order valence-electron chi connectivity index (χ0n) is 19.8. The summed E-state index contributed by atoms with van der Waals surface area (Å²) in [5.74, 6) is 0.648. The van der Waals surface area contributed by atoms with Crippen LogP contribution in [-0.2, 0) is 0 Å². The molecule has 0 saturated carbocycles. The van der Waals surface area contributed by atoms with Crippen molar-refractivity contribution in [1.82, 2.24) is 9.21 Å². The zero-order chi connectivity index (χ0) is 24.1. The highest BCUT2D eigenvalue weighted by Crippen LogP contribution is 2.27. The molecule has 0 heterocycles. The molecule has 2 aromatic rings. The third kappa shape index (κ3) is 8.48. The van der Waals surface area contributed by atoms with E-state index < -0.39 is 0 Å². The summed E-state index contributed by atoms with van der Waals surface area (Å²) in [6, 6.07) is 17.6. The molecule has 0 radical (unpaired) electrons. The molecule has 1 amide bonds. The van der Waals surface area contributed by atoms with Gasteiger partial charge in [-0.2, -0.15) is 0 Å². The molecule has 2 N–H and O–H groups in total. The van der Waals surface area contributed by atoms with E-state index in [4.69, 9.17) is 9.92 Å². The van der Waals surface area contributed by atoms with Crippen molar-refractivity contribution < 1.29 is 8.98 Å². The maximum Gasteiger partial charge on any atom is 0.253 e. The first-order chi connectivity index (χ1) is 16.0. The summed E-state index contributed by atoms with van der Waals surface area (Å²) < 4.78 is 8.02. The average Bonchev–Trinajstić information content (AvgIpc) is 2.86. The van der Waals surface area contributed by atoms with Crippen LogP contribution in [-0.4, -0.2) is 41.3 Å². The topological polar surface area (TPSA) is 58.8 Å². The van der Waals surface area contributed by atoms with Crippen LogP contribution in [0, 0.1) is 0 Å². The van der Waals surface area contributed by atoms with Crippen LogP contribution in [0.1, 0.15) is 42.6 Å². The van der Waals surface area contributed by atoms with Crippen molar-refractivity contribution in [2.75, 3.05) is 20.1 Å². The van der Waals surface area contributed by atoms with Crippen LogP contribution in [0.2, 0.25) is 0 Å². The van der Waals surface area contributed by atoms with Gasteiger partial charge in [0.15, 0.2) is 12.2 Å². The number of hydrogen-bond donors (Lipinski definition) is 1. The third-order valence-electron chi connectivity index (χ3n) is 5.11. The summed E-state index contributed by atoms with van der Waals surface area (Å²) in [7, 11) is 1.79. The Morgan fingerprint density at radius 2 is 1.85 bits per heavy atom. The number of allylic oxidation sites excluding steroid dienone is 3. The van der Waals surface area contributed by atoms with Gasteiger partial charge in [-0.15, -0.1) is 6.58 Å². The van der Waals surface area contributed by atoms with E-state index in [2.05, 4.69) is 44.0 Å². The largest absolute Gasteiger partial charge is 0.405 e. The summed E-state index contributed by atoms with van der Waals surface area (Å²) in [5, 5.41) is 0. The van der Waals surface area contributed by atoms with Gasteiger partial charge in [-0.1, -0.05) is 48.6 Å². The minimum Gasteiger partial charge on any atom is -0.405 e. The molecule has 6 heteroatoms. The lowest BCUT2D eigenvalue weighted by molar-refractivity contribution is 0.0794. The van der Waals surface area contributed by atoms with Gasteiger partial charge in [-0.25, -0.2) is 0 Å². The summed E-state index contributed by atoms with van der Waals surface area (Å²) in [6.07, 6.45) is 9.78. The number of rotatable bonds is 13. The molecule has 5 nitrogen and oxygen atoms in total. The normalized spacial score (nSPS) is 12.4. The zero-order valence-corrected chi connectivity index (χ0v) is 20.6. The van der Waals surface area contributed by atoms with E-state index in [-0.39, 0.29) is 11.9 Å².